The molecule has 1 saturated heterocycles. The molecule has 0 aliphatic carbocycles. The minimum Gasteiger partial charge on any atom is -0.394 e. The van der Waals surface area contributed by atoms with E-state index < -0.39 is 6.23 Å². The number of ether oxygens (including phenoxy) is 1. The van der Waals surface area contributed by atoms with Crippen LogP contribution in [-0.2, 0) is 9.53 Å². The van der Waals surface area contributed by atoms with Crippen molar-refractivity contribution >= 4 is 12.3 Å². The Labute approximate surface area is 131 Å². The Bertz CT molecular complexity index is 412. The topological polar surface area (TPSA) is 90.9 Å². The van der Waals surface area contributed by atoms with E-state index in [2.05, 4.69) is 24.5 Å². The SMILES string of the molecule is CNC(=O)N(/C=C(/C)C=O)[C@@H]1O[C@H](CO)C[C@H]1NCC(C)C. The summed E-state index contributed by atoms with van der Waals surface area (Å²) in [4.78, 5) is 24.3. The average Bonchev–Trinajstić information content (AvgIpc) is 2.92. The summed E-state index contributed by atoms with van der Waals surface area (Å²) in [5, 5.41) is 15.3. The lowest BCUT2D eigenvalue weighted by Crippen LogP contribution is -2.51. The fourth-order valence-corrected chi connectivity index (χ4v) is 2.32. The van der Waals surface area contributed by atoms with E-state index in [4.69, 9.17) is 4.74 Å². The number of hydrogen-bond donors (Lipinski definition) is 3. The van der Waals surface area contributed by atoms with Crippen LogP contribution in [0, 0.1) is 5.92 Å². The second-order valence-electron chi connectivity index (χ2n) is 5.93. The van der Waals surface area contributed by atoms with Crippen LogP contribution in [-0.4, -0.2) is 60.9 Å². The smallest absolute Gasteiger partial charge is 0.323 e. The van der Waals surface area contributed by atoms with E-state index in [9.17, 15) is 14.7 Å². The number of allylic oxidation sites excluding steroid dienone is 1. The first-order valence-corrected chi connectivity index (χ1v) is 7.56. The summed E-state index contributed by atoms with van der Waals surface area (Å²) in [6.07, 6.45) is 1.87. The van der Waals surface area contributed by atoms with Gasteiger partial charge in [0.05, 0.1) is 18.8 Å². The van der Waals surface area contributed by atoms with Crippen molar-refractivity contribution in [2.24, 2.45) is 5.92 Å². The van der Waals surface area contributed by atoms with Gasteiger partial charge >= 0.3 is 6.03 Å². The van der Waals surface area contributed by atoms with Gasteiger partial charge in [-0.2, -0.15) is 0 Å². The summed E-state index contributed by atoms with van der Waals surface area (Å²) in [6, 6.07) is -0.464. The fourth-order valence-electron chi connectivity index (χ4n) is 2.32. The van der Waals surface area contributed by atoms with Crippen LogP contribution < -0.4 is 10.6 Å². The second-order valence-corrected chi connectivity index (χ2v) is 5.93. The van der Waals surface area contributed by atoms with Gasteiger partial charge in [0.2, 0.25) is 0 Å². The van der Waals surface area contributed by atoms with Crippen LogP contribution in [0.5, 0.6) is 0 Å². The molecule has 1 heterocycles. The quantitative estimate of drug-likeness (QED) is 0.469. The molecule has 1 aliphatic heterocycles. The largest absolute Gasteiger partial charge is 0.394 e. The van der Waals surface area contributed by atoms with Gasteiger partial charge in [0.25, 0.3) is 0 Å². The number of nitrogens with zero attached hydrogens (tertiary/aromatic N) is 1. The van der Waals surface area contributed by atoms with Crippen LogP contribution >= 0.6 is 0 Å². The Morgan fingerprint density at radius 3 is 2.68 bits per heavy atom. The number of amides is 2. The number of carbonyl (C=O) groups excluding carboxylic acids is 2. The molecule has 0 aromatic carbocycles. The number of hydrogen-bond acceptors (Lipinski definition) is 5. The first-order valence-electron chi connectivity index (χ1n) is 7.56. The van der Waals surface area contributed by atoms with E-state index in [1.807, 2.05) is 0 Å². The molecule has 0 aromatic rings. The van der Waals surface area contributed by atoms with Crippen LogP contribution in [0.2, 0.25) is 0 Å². The molecule has 7 heteroatoms. The van der Waals surface area contributed by atoms with Gasteiger partial charge in [0, 0.05) is 18.8 Å². The van der Waals surface area contributed by atoms with Crippen molar-refractivity contribution in [3.05, 3.63) is 11.8 Å². The number of rotatable bonds is 7. The number of carbonyl (C=O) groups is 2. The van der Waals surface area contributed by atoms with Gasteiger partial charge in [-0.15, -0.1) is 0 Å². The van der Waals surface area contributed by atoms with Crippen LogP contribution in [0.15, 0.2) is 11.8 Å². The summed E-state index contributed by atoms with van der Waals surface area (Å²) in [5.74, 6) is 0.453. The molecule has 0 aromatic heterocycles. The normalized spacial score (nSPS) is 25.4. The molecule has 1 fully saturated rings. The summed E-state index contributed by atoms with van der Waals surface area (Å²) in [5.41, 5.74) is 0.419. The second kappa shape index (κ2) is 8.87. The Morgan fingerprint density at radius 2 is 2.18 bits per heavy atom. The van der Waals surface area contributed by atoms with Gasteiger partial charge in [-0.05, 0) is 25.8 Å². The maximum Gasteiger partial charge on any atom is 0.323 e. The first-order chi connectivity index (χ1) is 10.4. The Morgan fingerprint density at radius 1 is 1.50 bits per heavy atom. The van der Waals surface area contributed by atoms with Crippen LogP contribution in [0.4, 0.5) is 4.79 Å². The molecule has 1 aliphatic rings. The van der Waals surface area contributed by atoms with Gasteiger partial charge in [-0.3, -0.25) is 9.69 Å². The molecule has 0 spiro atoms. The predicted molar refractivity (Wildman–Crippen MR) is 83.1 cm³/mol. The highest BCUT2D eigenvalue weighted by molar-refractivity contribution is 5.78. The summed E-state index contributed by atoms with van der Waals surface area (Å²) in [7, 11) is 1.52. The van der Waals surface area contributed by atoms with Crippen LogP contribution in [0.1, 0.15) is 27.2 Å². The van der Waals surface area contributed by atoms with Gasteiger partial charge in [0.1, 0.15) is 6.29 Å². The lowest BCUT2D eigenvalue weighted by molar-refractivity contribution is -0.105. The highest BCUT2D eigenvalue weighted by atomic mass is 16.5. The van der Waals surface area contributed by atoms with Crippen molar-refractivity contribution in [2.45, 2.75) is 45.6 Å². The number of aldehydes is 1. The summed E-state index contributed by atoms with van der Waals surface area (Å²) in [6.45, 7) is 6.48. The molecule has 0 unspecified atom stereocenters. The van der Waals surface area contributed by atoms with Gasteiger partial charge < -0.3 is 20.5 Å². The van der Waals surface area contributed by atoms with E-state index in [0.717, 1.165) is 6.54 Å². The molecule has 2 amide bonds. The van der Waals surface area contributed by atoms with Crippen molar-refractivity contribution in [1.82, 2.24) is 15.5 Å². The minimum absolute atomic E-state index is 0.103. The van der Waals surface area contributed by atoms with Crippen LogP contribution in [0.3, 0.4) is 0 Å². The predicted octanol–water partition coefficient (Wildman–Crippen LogP) is 0.452. The number of aliphatic hydroxyl groups excluding tert-OH is 1. The van der Waals surface area contributed by atoms with Crippen molar-refractivity contribution in [1.29, 1.82) is 0 Å². The van der Waals surface area contributed by atoms with E-state index in [-0.39, 0.29) is 24.8 Å². The van der Waals surface area contributed by atoms with Gasteiger partial charge in [-0.25, -0.2) is 4.79 Å². The molecule has 7 nitrogen and oxygen atoms in total. The number of aliphatic hydroxyl groups is 1. The third-order valence-electron chi connectivity index (χ3n) is 3.44. The Balaban J connectivity index is 2.96. The summed E-state index contributed by atoms with van der Waals surface area (Å²) < 4.78 is 5.78. The van der Waals surface area contributed by atoms with Crippen molar-refractivity contribution in [3.63, 3.8) is 0 Å². The van der Waals surface area contributed by atoms with Crippen molar-refractivity contribution in [2.75, 3.05) is 20.2 Å². The summed E-state index contributed by atoms with van der Waals surface area (Å²) >= 11 is 0. The van der Waals surface area contributed by atoms with Crippen LogP contribution in [0.25, 0.3) is 0 Å². The van der Waals surface area contributed by atoms with E-state index in [1.54, 1.807) is 6.92 Å². The maximum atomic E-state index is 12.1. The highest BCUT2D eigenvalue weighted by Gasteiger charge is 2.39. The average molecular weight is 313 g/mol. The zero-order valence-electron chi connectivity index (χ0n) is 13.7. The zero-order valence-corrected chi connectivity index (χ0v) is 13.7. The third-order valence-corrected chi connectivity index (χ3v) is 3.44. The van der Waals surface area contributed by atoms with E-state index >= 15 is 0 Å². The van der Waals surface area contributed by atoms with Gasteiger partial charge in [0.15, 0.2) is 6.23 Å². The lowest BCUT2D eigenvalue weighted by Gasteiger charge is -2.30. The number of urea groups is 1. The Kier molecular flexibility index (Phi) is 7.50. The monoisotopic (exact) mass is 313 g/mol. The molecule has 22 heavy (non-hydrogen) atoms. The molecular formula is C15H27N3O4. The third kappa shape index (κ3) is 5.08. The van der Waals surface area contributed by atoms with Crippen molar-refractivity contribution in [3.8, 4) is 0 Å². The molecule has 3 atom stereocenters. The standard InChI is InChI=1S/C15H27N3O4/c1-10(2)6-17-13-5-12(9-20)22-14(13)18(15(21)16-4)7-11(3)8-19/h7-8,10,12-14,17,20H,5-6,9H2,1-4H3,(H,16,21)/b11-7-/t12-,13+,14+/m0/s1. The van der Waals surface area contributed by atoms with Crippen molar-refractivity contribution < 1.29 is 19.4 Å². The highest BCUT2D eigenvalue weighted by Crippen LogP contribution is 2.24. The molecule has 126 valence electrons. The first kappa shape index (κ1) is 18.6. The van der Waals surface area contributed by atoms with E-state index in [1.165, 1.54) is 18.1 Å². The molecule has 0 radical (unpaired) electrons. The molecule has 3 N–H and O–H groups in total. The minimum atomic E-state index is -0.564. The lowest BCUT2D eigenvalue weighted by atomic mass is 10.1. The molecule has 0 bridgehead atoms. The fraction of sp³-hybridized carbons (Fsp3) is 0.733. The molecule has 1 rings (SSSR count). The number of nitrogens with one attached hydrogen (secondary N) is 2. The van der Waals surface area contributed by atoms with Gasteiger partial charge in [-0.1, -0.05) is 13.8 Å². The Hall–Kier alpha value is -1.44. The zero-order chi connectivity index (χ0) is 16.7. The molecular weight excluding hydrogens is 286 g/mol. The molecule has 0 saturated carbocycles. The van der Waals surface area contributed by atoms with E-state index in [0.29, 0.717) is 24.2 Å². The maximum absolute atomic E-state index is 12.1.